The number of carbonyl (C=O) groups is 2. The summed E-state index contributed by atoms with van der Waals surface area (Å²) in [4.78, 5) is 33.5. The Morgan fingerprint density at radius 2 is 1.95 bits per heavy atom. The van der Waals surface area contributed by atoms with Gasteiger partial charge in [0.05, 0.1) is 12.7 Å². The van der Waals surface area contributed by atoms with Crippen molar-refractivity contribution in [3.8, 4) is 11.8 Å². The summed E-state index contributed by atoms with van der Waals surface area (Å²) >= 11 is 0. The number of likely N-dealkylation sites (tertiary alicyclic amines) is 1. The van der Waals surface area contributed by atoms with E-state index >= 15 is 0 Å². The van der Waals surface area contributed by atoms with Gasteiger partial charge in [-0.25, -0.2) is 4.98 Å². The molecular formula is C32H38N4O3. The van der Waals surface area contributed by atoms with Crippen molar-refractivity contribution in [3.63, 3.8) is 0 Å². The van der Waals surface area contributed by atoms with Crippen LogP contribution in [0.5, 0.6) is 5.75 Å². The van der Waals surface area contributed by atoms with E-state index in [1.54, 1.807) is 24.4 Å². The van der Waals surface area contributed by atoms with Gasteiger partial charge in [0, 0.05) is 54.8 Å². The number of fused-ring (bicyclic) bond motifs is 1. The van der Waals surface area contributed by atoms with Gasteiger partial charge in [0.25, 0.3) is 0 Å². The second kappa shape index (κ2) is 10.5. The number of benzene rings is 1. The first kappa shape index (κ1) is 26.9. The number of nitriles is 1. The SMILES string of the molecule is COc1ccc(C(=O)Cc2cnc3c(c([C@@H]4CCN(C(=O)C5CCCC5)C(C)(C)C4)cn3C)c2C)cc1C#N. The molecule has 1 atom stereocenters. The summed E-state index contributed by atoms with van der Waals surface area (Å²) in [6.45, 7) is 7.26. The molecule has 0 unspecified atom stereocenters. The van der Waals surface area contributed by atoms with Crippen LogP contribution in [0, 0.1) is 24.2 Å². The molecule has 1 aliphatic heterocycles. The van der Waals surface area contributed by atoms with Crippen LogP contribution in [-0.2, 0) is 18.3 Å². The lowest BCUT2D eigenvalue weighted by Crippen LogP contribution is -2.53. The molecule has 1 aliphatic carbocycles. The highest BCUT2D eigenvalue weighted by Crippen LogP contribution is 2.43. The summed E-state index contributed by atoms with van der Waals surface area (Å²) < 4.78 is 7.30. The van der Waals surface area contributed by atoms with Gasteiger partial charge in [0.15, 0.2) is 5.78 Å². The standard InChI is InChI=1S/C32H38N4O3/c1-20-25(15-27(37)22-10-11-28(39-5)24(14-22)17-33)18-34-30-29(20)26(19-35(30)4)23-12-13-36(32(2,3)16-23)31(38)21-8-6-7-9-21/h10-11,14,18-19,21,23H,6-9,12-13,15-16H2,1-5H3/t23-/m1/s1. The number of amides is 1. The fraction of sp³-hybridized carbons (Fsp3) is 0.500. The predicted octanol–water partition coefficient (Wildman–Crippen LogP) is 5.86. The van der Waals surface area contributed by atoms with Gasteiger partial charge < -0.3 is 14.2 Å². The van der Waals surface area contributed by atoms with Gasteiger partial charge >= 0.3 is 0 Å². The summed E-state index contributed by atoms with van der Waals surface area (Å²) in [6, 6.07) is 7.08. The van der Waals surface area contributed by atoms with E-state index in [0.29, 0.717) is 28.7 Å². The molecule has 39 heavy (non-hydrogen) atoms. The quantitative estimate of drug-likeness (QED) is 0.375. The third-order valence-electron chi connectivity index (χ3n) is 8.96. The Hall–Kier alpha value is -3.66. The zero-order valence-corrected chi connectivity index (χ0v) is 23.7. The molecule has 204 valence electrons. The maximum atomic E-state index is 13.3. The third kappa shape index (κ3) is 4.93. The van der Waals surface area contributed by atoms with E-state index in [4.69, 9.17) is 9.72 Å². The van der Waals surface area contributed by atoms with Crippen LogP contribution in [0.1, 0.15) is 90.9 Å². The summed E-state index contributed by atoms with van der Waals surface area (Å²) in [5.74, 6) is 1.24. The highest BCUT2D eigenvalue weighted by atomic mass is 16.5. The molecule has 2 fully saturated rings. The molecule has 7 heteroatoms. The van der Waals surface area contributed by atoms with Crippen LogP contribution < -0.4 is 4.74 Å². The monoisotopic (exact) mass is 526 g/mol. The fourth-order valence-corrected chi connectivity index (χ4v) is 6.78. The Morgan fingerprint density at radius 1 is 1.21 bits per heavy atom. The number of rotatable bonds is 6. The van der Waals surface area contributed by atoms with E-state index < -0.39 is 0 Å². The summed E-state index contributed by atoms with van der Waals surface area (Å²) in [5.41, 5.74) is 4.75. The number of nitrogens with zero attached hydrogens (tertiary/aromatic N) is 4. The highest BCUT2D eigenvalue weighted by Gasteiger charge is 2.41. The minimum Gasteiger partial charge on any atom is -0.495 e. The number of ketones is 1. The van der Waals surface area contributed by atoms with E-state index in [1.807, 2.05) is 7.05 Å². The van der Waals surface area contributed by atoms with Gasteiger partial charge in [-0.15, -0.1) is 0 Å². The highest BCUT2D eigenvalue weighted by molar-refractivity contribution is 5.99. The van der Waals surface area contributed by atoms with Crippen molar-refractivity contribution in [1.82, 2.24) is 14.5 Å². The largest absolute Gasteiger partial charge is 0.495 e. The van der Waals surface area contributed by atoms with Gasteiger partial charge in [-0.3, -0.25) is 9.59 Å². The van der Waals surface area contributed by atoms with Crippen LogP contribution in [0.4, 0.5) is 0 Å². The second-order valence-electron chi connectivity index (χ2n) is 11.9. The lowest BCUT2D eigenvalue weighted by atomic mass is 9.78. The Kier molecular flexibility index (Phi) is 7.24. The molecule has 5 rings (SSSR count). The number of piperidine rings is 1. The molecule has 0 bridgehead atoms. The van der Waals surface area contributed by atoms with Crippen molar-refractivity contribution in [1.29, 1.82) is 5.26 Å². The van der Waals surface area contributed by atoms with Crippen LogP contribution in [0.3, 0.4) is 0 Å². The Morgan fingerprint density at radius 3 is 2.62 bits per heavy atom. The van der Waals surface area contributed by atoms with Crippen molar-refractivity contribution in [2.75, 3.05) is 13.7 Å². The Labute approximate surface area is 230 Å². The number of carbonyl (C=O) groups excluding carboxylic acids is 2. The van der Waals surface area contributed by atoms with Crippen molar-refractivity contribution in [2.45, 2.75) is 77.2 Å². The zero-order valence-electron chi connectivity index (χ0n) is 23.7. The van der Waals surface area contributed by atoms with Crippen molar-refractivity contribution in [2.24, 2.45) is 13.0 Å². The molecule has 1 amide bonds. The summed E-state index contributed by atoms with van der Waals surface area (Å²) in [7, 11) is 3.53. The van der Waals surface area contributed by atoms with Gasteiger partial charge in [-0.1, -0.05) is 12.8 Å². The predicted molar refractivity (Wildman–Crippen MR) is 151 cm³/mol. The summed E-state index contributed by atoms with van der Waals surface area (Å²) in [5, 5.41) is 10.5. The number of pyridine rings is 1. The second-order valence-corrected chi connectivity index (χ2v) is 11.9. The van der Waals surface area contributed by atoms with E-state index in [2.05, 4.69) is 42.5 Å². The van der Waals surface area contributed by atoms with Crippen LogP contribution in [0.25, 0.3) is 11.0 Å². The molecule has 3 aromatic rings. The van der Waals surface area contributed by atoms with E-state index in [9.17, 15) is 14.9 Å². The first-order valence-electron chi connectivity index (χ1n) is 14.0. The molecule has 0 N–H and O–H groups in total. The minimum absolute atomic E-state index is 0.0595. The lowest BCUT2D eigenvalue weighted by molar-refractivity contribution is -0.143. The number of aromatic nitrogens is 2. The van der Waals surface area contributed by atoms with Crippen LogP contribution in [-0.4, -0.2) is 45.3 Å². The summed E-state index contributed by atoms with van der Waals surface area (Å²) in [6.07, 6.45) is 10.4. The number of hydrogen-bond donors (Lipinski definition) is 0. The molecule has 1 saturated carbocycles. The molecule has 0 spiro atoms. The molecule has 2 aromatic heterocycles. The van der Waals surface area contributed by atoms with Crippen LogP contribution in [0.15, 0.2) is 30.6 Å². The number of Topliss-reactive ketones (excluding diaryl/α,β-unsaturated/α-hetero) is 1. The zero-order chi connectivity index (χ0) is 27.9. The molecule has 1 aromatic carbocycles. The van der Waals surface area contributed by atoms with Crippen molar-refractivity contribution in [3.05, 3.63) is 58.4 Å². The van der Waals surface area contributed by atoms with Gasteiger partial charge in [0.1, 0.15) is 17.5 Å². The maximum absolute atomic E-state index is 13.3. The lowest BCUT2D eigenvalue weighted by Gasteiger charge is -2.46. The number of methoxy groups -OCH3 is 1. The van der Waals surface area contributed by atoms with Gasteiger partial charge in [0.2, 0.25) is 5.91 Å². The van der Waals surface area contributed by atoms with Crippen molar-refractivity contribution < 1.29 is 14.3 Å². The minimum atomic E-state index is -0.216. The van der Waals surface area contributed by atoms with E-state index in [0.717, 1.165) is 54.4 Å². The van der Waals surface area contributed by atoms with Crippen molar-refractivity contribution >= 4 is 22.7 Å². The van der Waals surface area contributed by atoms with Crippen LogP contribution in [0.2, 0.25) is 0 Å². The third-order valence-corrected chi connectivity index (χ3v) is 8.96. The number of aryl methyl sites for hydroxylation is 2. The Bertz CT molecular complexity index is 1470. The Balaban J connectivity index is 1.42. The average Bonchev–Trinajstić information content (AvgIpc) is 3.57. The fourth-order valence-electron chi connectivity index (χ4n) is 6.78. The van der Waals surface area contributed by atoms with Gasteiger partial charge in [-0.05, 0) is 87.3 Å². The van der Waals surface area contributed by atoms with E-state index in [-0.39, 0.29) is 23.7 Å². The molecule has 2 aliphatic rings. The normalized spacial score (nSPS) is 19.3. The molecule has 0 radical (unpaired) electrons. The maximum Gasteiger partial charge on any atom is 0.226 e. The molecule has 1 saturated heterocycles. The first-order valence-corrected chi connectivity index (χ1v) is 14.0. The number of ether oxygens (including phenoxy) is 1. The average molecular weight is 527 g/mol. The topological polar surface area (TPSA) is 88.2 Å². The van der Waals surface area contributed by atoms with E-state index in [1.165, 1.54) is 25.5 Å². The first-order chi connectivity index (χ1) is 18.6. The molecular weight excluding hydrogens is 488 g/mol. The molecule has 7 nitrogen and oxygen atoms in total. The molecule has 3 heterocycles. The smallest absolute Gasteiger partial charge is 0.226 e. The number of hydrogen-bond acceptors (Lipinski definition) is 5. The van der Waals surface area contributed by atoms with Gasteiger partial charge in [-0.2, -0.15) is 5.26 Å². The van der Waals surface area contributed by atoms with Crippen LogP contribution >= 0.6 is 0 Å².